The fourth-order valence-corrected chi connectivity index (χ4v) is 2.94. The zero-order valence-corrected chi connectivity index (χ0v) is 20.5. The number of benzene rings is 2. The first-order valence-electron chi connectivity index (χ1n) is 9.54. The molecule has 0 fully saturated rings. The van der Waals surface area contributed by atoms with Crippen molar-refractivity contribution < 1.29 is 14.3 Å². The molecule has 0 spiro atoms. The molecule has 0 saturated heterocycles. The Morgan fingerprint density at radius 1 is 1.10 bits per heavy atom. The van der Waals surface area contributed by atoms with E-state index >= 15 is 0 Å². The Kier molecular flexibility index (Phi) is 11.0. The topological polar surface area (TPSA) is 75.2 Å². The van der Waals surface area contributed by atoms with Gasteiger partial charge in [-0.05, 0) is 30.7 Å². The fraction of sp³-hybridized carbons (Fsp3) is 0.364. The van der Waals surface area contributed by atoms with Gasteiger partial charge in [0.05, 0.1) is 26.5 Å². The molecule has 2 rings (SSSR count). The van der Waals surface area contributed by atoms with E-state index in [1.54, 1.807) is 14.2 Å². The number of aliphatic imine (C=N–C) groups is 1. The summed E-state index contributed by atoms with van der Waals surface area (Å²) in [5.41, 5.74) is 2.69. The van der Waals surface area contributed by atoms with Crippen molar-refractivity contribution in [3.8, 4) is 11.5 Å². The molecule has 0 heterocycles. The summed E-state index contributed by atoms with van der Waals surface area (Å²) in [4.78, 5) is 18.2. The number of carbonyl (C=O) groups is 1. The summed E-state index contributed by atoms with van der Waals surface area (Å²) < 4.78 is 10.8. The first-order chi connectivity index (χ1) is 14.0. The Bertz CT molecular complexity index is 858. The average molecular weight is 526 g/mol. The average Bonchev–Trinajstić information content (AvgIpc) is 2.71. The number of ether oxygens (including phenoxy) is 2. The quantitative estimate of drug-likeness (QED) is 0.310. The number of para-hydroxylation sites is 1. The second-order valence-corrected chi connectivity index (χ2v) is 6.55. The Hall–Kier alpha value is -2.49. The Balaban J connectivity index is 0.00000450. The van der Waals surface area contributed by atoms with Gasteiger partial charge in [0, 0.05) is 32.6 Å². The SMILES string of the molecule is CCNC(=NCc1ccc(OC)c(NC(C)=O)c1)N(C)Cc1ccccc1OC.I. The molecule has 2 aromatic rings. The highest BCUT2D eigenvalue weighted by molar-refractivity contribution is 14.0. The third-order valence-electron chi connectivity index (χ3n) is 4.28. The molecule has 2 aromatic carbocycles. The number of hydrogen-bond donors (Lipinski definition) is 2. The van der Waals surface area contributed by atoms with E-state index in [2.05, 4.69) is 15.5 Å². The minimum Gasteiger partial charge on any atom is -0.496 e. The van der Waals surface area contributed by atoms with Crippen molar-refractivity contribution in [2.75, 3.05) is 33.1 Å². The van der Waals surface area contributed by atoms with E-state index in [4.69, 9.17) is 14.5 Å². The largest absolute Gasteiger partial charge is 0.496 e. The van der Waals surface area contributed by atoms with Gasteiger partial charge in [-0.2, -0.15) is 0 Å². The summed E-state index contributed by atoms with van der Waals surface area (Å²) >= 11 is 0. The number of rotatable bonds is 8. The van der Waals surface area contributed by atoms with Crippen molar-refractivity contribution >= 4 is 41.5 Å². The molecule has 0 aliphatic carbocycles. The fourth-order valence-electron chi connectivity index (χ4n) is 2.94. The molecule has 2 N–H and O–H groups in total. The summed E-state index contributed by atoms with van der Waals surface area (Å²) in [5, 5.41) is 6.11. The Morgan fingerprint density at radius 3 is 2.43 bits per heavy atom. The molecular formula is C22H31IN4O3. The molecular weight excluding hydrogens is 495 g/mol. The van der Waals surface area contributed by atoms with Crippen LogP contribution in [0.1, 0.15) is 25.0 Å². The maximum absolute atomic E-state index is 11.4. The normalized spacial score (nSPS) is 10.6. The van der Waals surface area contributed by atoms with E-state index in [1.807, 2.05) is 56.4 Å². The van der Waals surface area contributed by atoms with Crippen LogP contribution in [0.3, 0.4) is 0 Å². The van der Waals surface area contributed by atoms with Crippen molar-refractivity contribution in [3.63, 3.8) is 0 Å². The lowest BCUT2D eigenvalue weighted by Crippen LogP contribution is -2.38. The smallest absolute Gasteiger partial charge is 0.221 e. The van der Waals surface area contributed by atoms with Crippen LogP contribution in [-0.4, -0.2) is 44.6 Å². The molecule has 0 aliphatic rings. The van der Waals surface area contributed by atoms with Crippen LogP contribution in [0, 0.1) is 0 Å². The number of hydrogen-bond acceptors (Lipinski definition) is 4. The molecule has 0 bridgehead atoms. The number of methoxy groups -OCH3 is 2. The van der Waals surface area contributed by atoms with Gasteiger partial charge in [0.2, 0.25) is 5.91 Å². The molecule has 0 saturated carbocycles. The van der Waals surface area contributed by atoms with Gasteiger partial charge in [-0.15, -0.1) is 24.0 Å². The van der Waals surface area contributed by atoms with Crippen molar-refractivity contribution in [1.82, 2.24) is 10.2 Å². The van der Waals surface area contributed by atoms with Gasteiger partial charge >= 0.3 is 0 Å². The van der Waals surface area contributed by atoms with Crippen molar-refractivity contribution in [2.45, 2.75) is 26.9 Å². The van der Waals surface area contributed by atoms with E-state index in [1.165, 1.54) is 6.92 Å². The van der Waals surface area contributed by atoms with Gasteiger partial charge in [-0.3, -0.25) is 4.79 Å². The molecule has 8 heteroatoms. The van der Waals surface area contributed by atoms with Crippen LogP contribution in [0.25, 0.3) is 0 Å². The number of guanidine groups is 1. The van der Waals surface area contributed by atoms with Crippen LogP contribution >= 0.6 is 24.0 Å². The molecule has 0 aromatic heterocycles. The molecule has 0 unspecified atom stereocenters. The summed E-state index contributed by atoms with van der Waals surface area (Å²) in [5.74, 6) is 2.11. The minimum absolute atomic E-state index is 0. The van der Waals surface area contributed by atoms with Crippen molar-refractivity contribution in [2.24, 2.45) is 4.99 Å². The van der Waals surface area contributed by atoms with Gasteiger partial charge in [0.25, 0.3) is 0 Å². The van der Waals surface area contributed by atoms with Crippen LogP contribution in [-0.2, 0) is 17.9 Å². The zero-order valence-electron chi connectivity index (χ0n) is 18.2. The van der Waals surface area contributed by atoms with Crippen LogP contribution in [0.4, 0.5) is 5.69 Å². The molecule has 7 nitrogen and oxygen atoms in total. The zero-order chi connectivity index (χ0) is 21.2. The number of halogens is 1. The summed E-state index contributed by atoms with van der Waals surface area (Å²) in [6.07, 6.45) is 0. The Morgan fingerprint density at radius 2 is 1.80 bits per heavy atom. The summed E-state index contributed by atoms with van der Waals surface area (Å²) in [7, 11) is 5.24. The lowest BCUT2D eigenvalue weighted by molar-refractivity contribution is -0.114. The molecule has 0 radical (unpaired) electrons. The van der Waals surface area contributed by atoms with Crippen LogP contribution in [0.5, 0.6) is 11.5 Å². The molecule has 0 aliphatic heterocycles. The van der Waals surface area contributed by atoms with E-state index in [0.29, 0.717) is 24.5 Å². The number of nitrogens with zero attached hydrogens (tertiary/aromatic N) is 2. The first-order valence-corrected chi connectivity index (χ1v) is 9.54. The number of anilines is 1. The standard InChI is InChI=1S/C22H30N4O3.HI/c1-6-23-22(26(3)15-18-9-7-8-10-20(18)28-4)24-14-17-11-12-21(29-5)19(13-17)25-16(2)27;/h7-13H,6,14-15H2,1-5H3,(H,23,24)(H,25,27);1H. The Labute approximate surface area is 195 Å². The van der Waals surface area contributed by atoms with E-state index in [9.17, 15) is 4.79 Å². The minimum atomic E-state index is -0.145. The second-order valence-electron chi connectivity index (χ2n) is 6.55. The van der Waals surface area contributed by atoms with Crippen LogP contribution < -0.4 is 20.1 Å². The summed E-state index contributed by atoms with van der Waals surface area (Å²) in [6.45, 7) is 5.40. The van der Waals surface area contributed by atoms with Crippen LogP contribution in [0.15, 0.2) is 47.5 Å². The highest BCUT2D eigenvalue weighted by Gasteiger charge is 2.11. The lowest BCUT2D eigenvalue weighted by Gasteiger charge is -2.23. The van der Waals surface area contributed by atoms with E-state index < -0.39 is 0 Å². The van der Waals surface area contributed by atoms with Gasteiger partial charge in [0.1, 0.15) is 11.5 Å². The monoisotopic (exact) mass is 526 g/mol. The maximum atomic E-state index is 11.4. The predicted octanol–water partition coefficient (Wildman–Crippen LogP) is 3.88. The van der Waals surface area contributed by atoms with Gasteiger partial charge in [-0.1, -0.05) is 24.3 Å². The third kappa shape index (κ3) is 7.40. The first kappa shape index (κ1) is 25.5. The van der Waals surface area contributed by atoms with Gasteiger partial charge in [-0.25, -0.2) is 4.99 Å². The van der Waals surface area contributed by atoms with Gasteiger partial charge in [0.15, 0.2) is 5.96 Å². The van der Waals surface area contributed by atoms with Gasteiger partial charge < -0.3 is 25.0 Å². The summed E-state index contributed by atoms with van der Waals surface area (Å²) in [6, 6.07) is 13.6. The third-order valence-corrected chi connectivity index (χ3v) is 4.28. The molecule has 164 valence electrons. The number of carbonyl (C=O) groups excluding carboxylic acids is 1. The molecule has 30 heavy (non-hydrogen) atoms. The highest BCUT2D eigenvalue weighted by Crippen LogP contribution is 2.26. The van der Waals surface area contributed by atoms with Crippen molar-refractivity contribution in [1.29, 1.82) is 0 Å². The lowest BCUT2D eigenvalue weighted by atomic mass is 10.2. The molecule has 1 amide bonds. The number of amides is 1. The van der Waals surface area contributed by atoms with Crippen molar-refractivity contribution in [3.05, 3.63) is 53.6 Å². The van der Waals surface area contributed by atoms with E-state index in [-0.39, 0.29) is 29.9 Å². The molecule has 0 atom stereocenters. The number of nitrogens with one attached hydrogen (secondary N) is 2. The van der Waals surface area contributed by atoms with E-state index in [0.717, 1.165) is 29.4 Å². The maximum Gasteiger partial charge on any atom is 0.221 e. The predicted molar refractivity (Wildman–Crippen MR) is 132 cm³/mol. The second kappa shape index (κ2) is 12.9. The van der Waals surface area contributed by atoms with Crippen LogP contribution in [0.2, 0.25) is 0 Å². The highest BCUT2D eigenvalue weighted by atomic mass is 127.